The zero-order valence-electron chi connectivity index (χ0n) is 13.3. The van der Waals surface area contributed by atoms with Crippen molar-refractivity contribution >= 4 is 17.6 Å². The number of hydrogen-bond donors (Lipinski definition) is 1. The van der Waals surface area contributed by atoms with Gasteiger partial charge in [-0.2, -0.15) is 0 Å². The summed E-state index contributed by atoms with van der Waals surface area (Å²) in [7, 11) is 3.51. The molecule has 116 valence electrons. The van der Waals surface area contributed by atoms with E-state index in [-0.39, 0.29) is 11.8 Å². The lowest BCUT2D eigenvalue weighted by molar-refractivity contribution is -0.128. The van der Waals surface area contributed by atoms with Crippen molar-refractivity contribution in [2.24, 2.45) is 0 Å². The fourth-order valence-corrected chi connectivity index (χ4v) is 2.10. The van der Waals surface area contributed by atoms with Gasteiger partial charge in [0, 0.05) is 38.2 Å². The van der Waals surface area contributed by atoms with Gasteiger partial charge in [0.05, 0.1) is 0 Å². The number of fused-ring (bicyclic) bond motifs is 1. The van der Waals surface area contributed by atoms with E-state index in [4.69, 9.17) is 0 Å². The summed E-state index contributed by atoms with van der Waals surface area (Å²) in [6.45, 7) is 4.00. The van der Waals surface area contributed by atoms with Crippen molar-refractivity contribution in [3.63, 3.8) is 0 Å². The normalized spacial score (nSPS) is 12.7. The Bertz CT molecular complexity index is 500. The van der Waals surface area contributed by atoms with Crippen LogP contribution in [0.5, 0.6) is 0 Å². The number of amides is 2. The Morgan fingerprint density at radius 1 is 1.29 bits per heavy atom. The van der Waals surface area contributed by atoms with Crippen molar-refractivity contribution < 1.29 is 9.59 Å². The molecule has 2 heterocycles. The van der Waals surface area contributed by atoms with E-state index < -0.39 is 0 Å². The van der Waals surface area contributed by atoms with Crippen LogP contribution in [0.4, 0.5) is 5.82 Å². The van der Waals surface area contributed by atoms with Crippen LogP contribution in [0, 0.1) is 0 Å². The predicted octanol–water partition coefficient (Wildman–Crippen LogP) is 1.80. The van der Waals surface area contributed by atoms with Gasteiger partial charge in [-0.1, -0.05) is 13.8 Å². The van der Waals surface area contributed by atoms with Crippen LogP contribution in [-0.4, -0.2) is 40.8 Å². The highest BCUT2D eigenvalue weighted by Crippen LogP contribution is 2.23. The molecule has 1 N–H and O–H groups in total. The van der Waals surface area contributed by atoms with Crippen molar-refractivity contribution in [1.82, 2.24) is 14.9 Å². The second kappa shape index (κ2) is 8.34. The maximum atomic E-state index is 11.5. The molecule has 0 bridgehead atoms. The van der Waals surface area contributed by atoms with Crippen LogP contribution < -0.4 is 5.32 Å². The number of carbonyl (C=O) groups excluding carboxylic acids is 2. The molecule has 0 saturated carbocycles. The monoisotopic (exact) mass is 292 g/mol. The Labute approximate surface area is 126 Å². The Morgan fingerprint density at radius 2 is 2.00 bits per heavy atom. The Hall–Kier alpha value is -1.98. The highest BCUT2D eigenvalue weighted by molar-refractivity contribution is 5.92. The van der Waals surface area contributed by atoms with Gasteiger partial charge < -0.3 is 10.2 Å². The van der Waals surface area contributed by atoms with Gasteiger partial charge in [-0.25, -0.2) is 9.97 Å². The SMILES string of the molecule is CC.CN(C)C(=O)CCCc1ncnc2c1CCC(=O)N2. The van der Waals surface area contributed by atoms with Crippen LogP contribution in [0.2, 0.25) is 0 Å². The third kappa shape index (κ3) is 4.81. The average molecular weight is 292 g/mol. The number of rotatable bonds is 4. The first-order valence-corrected chi connectivity index (χ1v) is 7.40. The van der Waals surface area contributed by atoms with Gasteiger partial charge in [0.2, 0.25) is 11.8 Å². The second-order valence-corrected chi connectivity index (χ2v) is 4.84. The molecule has 2 rings (SSSR count). The smallest absolute Gasteiger partial charge is 0.225 e. The van der Waals surface area contributed by atoms with Crippen molar-refractivity contribution in [3.05, 3.63) is 17.6 Å². The van der Waals surface area contributed by atoms with E-state index in [0.717, 1.165) is 24.1 Å². The first kappa shape index (κ1) is 17.1. The molecule has 1 aliphatic rings. The number of hydrogen-bond acceptors (Lipinski definition) is 4. The number of nitrogens with zero attached hydrogens (tertiary/aromatic N) is 3. The predicted molar refractivity (Wildman–Crippen MR) is 82.0 cm³/mol. The van der Waals surface area contributed by atoms with E-state index in [1.165, 1.54) is 6.33 Å². The van der Waals surface area contributed by atoms with Gasteiger partial charge in [0.25, 0.3) is 0 Å². The summed E-state index contributed by atoms with van der Waals surface area (Å²) < 4.78 is 0. The molecule has 21 heavy (non-hydrogen) atoms. The molecule has 6 nitrogen and oxygen atoms in total. The van der Waals surface area contributed by atoms with E-state index in [0.29, 0.717) is 25.1 Å². The summed E-state index contributed by atoms with van der Waals surface area (Å²) in [5.41, 5.74) is 1.95. The fraction of sp³-hybridized carbons (Fsp3) is 0.600. The summed E-state index contributed by atoms with van der Waals surface area (Å²) in [5.74, 6) is 0.747. The van der Waals surface area contributed by atoms with E-state index >= 15 is 0 Å². The first-order chi connectivity index (χ1) is 10.1. The van der Waals surface area contributed by atoms with Crippen LogP contribution in [0.25, 0.3) is 0 Å². The van der Waals surface area contributed by atoms with Gasteiger partial charge in [-0.3, -0.25) is 9.59 Å². The molecular weight excluding hydrogens is 268 g/mol. The maximum Gasteiger partial charge on any atom is 0.225 e. The summed E-state index contributed by atoms with van der Waals surface area (Å²) in [4.78, 5) is 32.7. The van der Waals surface area contributed by atoms with Crippen LogP contribution in [0.15, 0.2) is 6.33 Å². The average Bonchev–Trinajstić information content (AvgIpc) is 2.48. The van der Waals surface area contributed by atoms with Gasteiger partial charge in [0.1, 0.15) is 12.1 Å². The molecule has 6 heteroatoms. The van der Waals surface area contributed by atoms with Crippen LogP contribution in [-0.2, 0) is 22.4 Å². The van der Waals surface area contributed by atoms with Gasteiger partial charge in [-0.15, -0.1) is 0 Å². The fourth-order valence-electron chi connectivity index (χ4n) is 2.10. The number of aryl methyl sites for hydroxylation is 1. The lowest BCUT2D eigenvalue weighted by Crippen LogP contribution is -2.23. The molecular formula is C15H24N4O2. The standard InChI is InChI=1S/C13H18N4O2.C2H6/c1-17(2)12(19)5-3-4-10-9-6-7-11(18)16-13(9)15-8-14-10;1-2/h8H,3-7H2,1-2H3,(H,14,15,16,18);1-2H3. The Kier molecular flexibility index (Phi) is 6.78. The van der Waals surface area contributed by atoms with Gasteiger partial charge in [-0.05, 0) is 19.3 Å². The van der Waals surface area contributed by atoms with Gasteiger partial charge >= 0.3 is 0 Å². The Morgan fingerprint density at radius 3 is 2.67 bits per heavy atom. The van der Waals surface area contributed by atoms with E-state index in [1.54, 1.807) is 19.0 Å². The van der Waals surface area contributed by atoms with Crippen molar-refractivity contribution in [2.75, 3.05) is 19.4 Å². The largest absolute Gasteiger partial charge is 0.349 e. The molecule has 0 atom stereocenters. The molecule has 2 amide bonds. The number of aromatic nitrogens is 2. The molecule has 1 aromatic heterocycles. The minimum atomic E-state index is -0.0000597. The van der Waals surface area contributed by atoms with Crippen LogP contribution >= 0.6 is 0 Å². The maximum absolute atomic E-state index is 11.5. The number of anilines is 1. The minimum absolute atomic E-state index is 0.0000597. The lowest BCUT2D eigenvalue weighted by Gasteiger charge is -2.18. The molecule has 1 aromatic rings. The third-order valence-electron chi connectivity index (χ3n) is 3.20. The van der Waals surface area contributed by atoms with E-state index in [2.05, 4.69) is 15.3 Å². The topological polar surface area (TPSA) is 75.2 Å². The summed E-state index contributed by atoms with van der Waals surface area (Å²) in [6.07, 6.45) is 4.63. The number of nitrogens with one attached hydrogen (secondary N) is 1. The van der Waals surface area contributed by atoms with Crippen molar-refractivity contribution in [3.8, 4) is 0 Å². The zero-order chi connectivity index (χ0) is 15.8. The quantitative estimate of drug-likeness (QED) is 0.918. The molecule has 0 unspecified atom stereocenters. The summed E-state index contributed by atoms with van der Waals surface area (Å²) >= 11 is 0. The van der Waals surface area contributed by atoms with Crippen molar-refractivity contribution in [1.29, 1.82) is 0 Å². The van der Waals surface area contributed by atoms with E-state index in [9.17, 15) is 9.59 Å². The molecule has 0 spiro atoms. The lowest BCUT2D eigenvalue weighted by atomic mass is 10.0. The Balaban J connectivity index is 0.00000106. The summed E-state index contributed by atoms with van der Waals surface area (Å²) in [6, 6.07) is 0. The number of carbonyl (C=O) groups is 2. The molecule has 0 aromatic carbocycles. The molecule has 0 aliphatic carbocycles. The molecule has 0 radical (unpaired) electrons. The third-order valence-corrected chi connectivity index (χ3v) is 3.20. The van der Waals surface area contributed by atoms with Crippen molar-refractivity contribution in [2.45, 2.75) is 46.0 Å². The highest BCUT2D eigenvalue weighted by Gasteiger charge is 2.19. The van der Waals surface area contributed by atoms with Crippen LogP contribution in [0.3, 0.4) is 0 Å². The van der Waals surface area contributed by atoms with E-state index in [1.807, 2.05) is 13.8 Å². The highest BCUT2D eigenvalue weighted by atomic mass is 16.2. The molecule has 1 aliphatic heterocycles. The van der Waals surface area contributed by atoms with Gasteiger partial charge in [0.15, 0.2) is 0 Å². The summed E-state index contributed by atoms with van der Waals surface area (Å²) in [5, 5.41) is 2.75. The second-order valence-electron chi connectivity index (χ2n) is 4.84. The first-order valence-electron chi connectivity index (χ1n) is 7.40. The molecule has 0 fully saturated rings. The molecule has 0 saturated heterocycles. The zero-order valence-corrected chi connectivity index (χ0v) is 13.3. The van der Waals surface area contributed by atoms with Crippen LogP contribution in [0.1, 0.15) is 44.4 Å². The minimum Gasteiger partial charge on any atom is -0.349 e.